The van der Waals surface area contributed by atoms with Crippen molar-refractivity contribution in [1.29, 1.82) is 0 Å². The lowest BCUT2D eigenvalue weighted by molar-refractivity contribution is -0.118. The Kier molecular flexibility index (Phi) is 4.93. The van der Waals surface area contributed by atoms with E-state index in [9.17, 15) is 4.79 Å². The van der Waals surface area contributed by atoms with Crippen LogP contribution in [-0.4, -0.2) is 26.7 Å². The number of amides is 1. The monoisotopic (exact) mass is 307 g/mol. The molecule has 0 fully saturated rings. The van der Waals surface area contributed by atoms with Crippen molar-refractivity contribution in [3.05, 3.63) is 35.9 Å². The molecule has 112 valence electrons. The Morgan fingerprint density at radius 1 is 1.52 bits per heavy atom. The van der Waals surface area contributed by atoms with Crippen molar-refractivity contribution in [1.82, 2.24) is 14.8 Å². The Hall–Kier alpha value is -1.92. The van der Waals surface area contributed by atoms with Gasteiger partial charge in [-0.2, -0.15) is 5.10 Å². The molecule has 2 aromatic rings. The van der Waals surface area contributed by atoms with Crippen LogP contribution < -0.4 is 11.1 Å². The molecule has 6 nitrogen and oxygen atoms in total. The maximum atomic E-state index is 12.2. The lowest BCUT2D eigenvalue weighted by atomic mass is 9.99. The molecule has 0 bridgehead atoms. The molecule has 3 N–H and O–H groups in total. The number of anilines is 1. The molecular formula is C14H18ClN5O. The summed E-state index contributed by atoms with van der Waals surface area (Å²) in [6.45, 7) is 3.94. The van der Waals surface area contributed by atoms with Crippen LogP contribution in [0.2, 0.25) is 5.02 Å². The lowest BCUT2D eigenvalue weighted by Gasteiger charge is -2.19. The first-order chi connectivity index (χ1) is 10.0. The fourth-order valence-corrected chi connectivity index (χ4v) is 2.16. The van der Waals surface area contributed by atoms with Crippen LogP contribution in [0, 0.1) is 5.92 Å². The van der Waals surface area contributed by atoms with Crippen LogP contribution in [0.5, 0.6) is 0 Å². The average Bonchev–Trinajstić information content (AvgIpc) is 2.99. The molecule has 2 atom stereocenters. The number of carbonyl (C=O) groups excluding carboxylic acids is 1. The summed E-state index contributed by atoms with van der Waals surface area (Å²) in [6.07, 6.45) is 3.76. The number of hydrogen-bond donors (Lipinski definition) is 2. The largest absolute Gasteiger partial charge is 0.323 e. The number of rotatable bonds is 5. The highest BCUT2D eigenvalue weighted by Crippen LogP contribution is 2.28. The molecule has 1 heterocycles. The van der Waals surface area contributed by atoms with Crippen LogP contribution in [0.3, 0.4) is 0 Å². The van der Waals surface area contributed by atoms with Gasteiger partial charge in [0.25, 0.3) is 0 Å². The van der Waals surface area contributed by atoms with E-state index in [0.717, 1.165) is 6.42 Å². The Bertz CT molecular complexity index is 614. The van der Waals surface area contributed by atoms with Gasteiger partial charge < -0.3 is 11.1 Å². The second-order valence-electron chi connectivity index (χ2n) is 4.88. The van der Waals surface area contributed by atoms with Gasteiger partial charge in [-0.15, -0.1) is 0 Å². The van der Waals surface area contributed by atoms with E-state index < -0.39 is 6.04 Å². The summed E-state index contributed by atoms with van der Waals surface area (Å²) >= 11 is 6.20. The SMILES string of the molecule is CCC(C)C(N)C(=O)Nc1cccc(Cl)c1-n1cncn1. The molecule has 0 aliphatic rings. The molecule has 2 rings (SSSR count). The van der Waals surface area contributed by atoms with Crippen molar-refractivity contribution in [3.63, 3.8) is 0 Å². The number of nitrogens with two attached hydrogens (primary N) is 1. The second kappa shape index (κ2) is 6.69. The van der Waals surface area contributed by atoms with E-state index in [1.165, 1.54) is 17.3 Å². The number of carbonyl (C=O) groups is 1. The fourth-order valence-electron chi connectivity index (χ4n) is 1.90. The van der Waals surface area contributed by atoms with Crippen molar-refractivity contribution in [3.8, 4) is 5.69 Å². The minimum Gasteiger partial charge on any atom is -0.323 e. The van der Waals surface area contributed by atoms with Crippen molar-refractivity contribution in [2.24, 2.45) is 11.7 Å². The van der Waals surface area contributed by atoms with Gasteiger partial charge >= 0.3 is 0 Å². The summed E-state index contributed by atoms with van der Waals surface area (Å²) in [4.78, 5) is 16.1. The molecule has 1 aromatic heterocycles. The quantitative estimate of drug-likeness (QED) is 0.887. The number of hydrogen-bond acceptors (Lipinski definition) is 4. The van der Waals surface area contributed by atoms with Crippen LogP contribution in [-0.2, 0) is 4.79 Å². The van der Waals surface area contributed by atoms with Crippen LogP contribution >= 0.6 is 11.6 Å². The summed E-state index contributed by atoms with van der Waals surface area (Å²) < 4.78 is 1.51. The fraction of sp³-hybridized carbons (Fsp3) is 0.357. The number of benzene rings is 1. The molecule has 0 aliphatic carbocycles. The summed E-state index contributed by atoms with van der Waals surface area (Å²) in [5.41, 5.74) is 7.07. The normalized spacial score (nSPS) is 13.7. The van der Waals surface area contributed by atoms with Crippen LogP contribution in [0.25, 0.3) is 5.69 Å². The highest BCUT2D eigenvalue weighted by Gasteiger charge is 2.21. The topological polar surface area (TPSA) is 85.8 Å². The van der Waals surface area contributed by atoms with Gasteiger partial charge in [0.1, 0.15) is 18.3 Å². The lowest BCUT2D eigenvalue weighted by Crippen LogP contribution is -2.40. The predicted molar refractivity (Wildman–Crippen MR) is 82.4 cm³/mol. The van der Waals surface area contributed by atoms with Crippen LogP contribution in [0.15, 0.2) is 30.9 Å². The van der Waals surface area contributed by atoms with Gasteiger partial charge in [0.2, 0.25) is 5.91 Å². The van der Waals surface area contributed by atoms with E-state index in [-0.39, 0.29) is 11.8 Å². The maximum absolute atomic E-state index is 12.2. The molecule has 2 unspecified atom stereocenters. The number of halogens is 1. The Balaban J connectivity index is 2.29. The Morgan fingerprint density at radius 3 is 2.90 bits per heavy atom. The zero-order chi connectivity index (χ0) is 15.4. The standard InChI is InChI=1S/C14H18ClN5O/c1-3-9(2)12(16)14(21)19-11-6-4-5-10(15)13(11)20-8-17-7-18-20/h4-9,12H,3,16H2,1-2H3,(H,19,21). The molecule has 0 aliphatic heterocycles. The number of nitrogens with one attached hydrogen (secondary N) is 1. The average molecular weight is 308 g/mol. The summed E-state index contributed by atoms with van der Waals surface area (Å²) in [7, 11) is 0. The zero-order valence-electron chi connectivity index (χ0n) is 12.0. The van der Waals surface area contributed by atoms with E-state index >= 15 is 0 Å². The molecule has 1 aromatic carbocycles. The summed E-state index contributed by atoms with van der Waals surface area (Å²) in [5, 5.41) is 7.34. The first-order valence-corrected chi connectivity index (χ1v) is 7.12. The van der Waals surface area contributed by atoms with Crippen molar-refractivity contribution in [2.45, 2.75) is 26.3 Å². The van der Waals surface area contributed by atoms with Gasteiger partial charge in [0.05, 0.1) is 16.8 Å². The van der Waals surface area contributed by atoms with Gasteiger partial charge in [-0.05, 0) is 18.1 Å². The van der Waals surface area contributed by atoms with Gasteiger partial charge in [0, 0.05) is 0 Å². The van der Waals surface area contributed by atoms with Gasteiger partial charge in [-0.1, -0.05) is 37.9 Å². The van der Waals surface area contributed by atoms with Crippen molar-refractivity contribution >= 4 is 23.2 Å². The molecule has 0 saturated carbocycles. The zero-order valence-corrected chi connectivity index (χ0v) is 12.7. The van der Waals surface area contributed by atoms with Gasteiger partial charge in [-0.25, -0.2) is 9.67 Å². The molecule has 21 heavy (non-hydrogen) atoms. The number of nitrogens with zero attached hydrogens (tertiary/aromatic N) is 3. The van der Waals surface area contributed by atoms with E-state index in [0.29, 0.717) is 16.4 Å². The molecule has 0 saturated heterocycles. The maximum Gasteiger partial charge on any atom is 0.241 e. The minimum atomic E-state index is -0.572. The van der Waals surface area contributed by atoms with Crippen LogP contribution in [0.4, 0.5) is 5.69 Å². The Labute approximate surface area is 128 Å². The molecule has 0 spiro atoms. The minimum absolute atomic E-state index is 0.0963. The van der Waals surface area contributed by atoms with E-state index in [1.807, 2.05) is 13.8 Å². The smallest absolute Gasteiger partial charge is 0.241 e. The van der Waals surface area contributed by atoms with Crippen LogP contribution in [0.1, 0.15) is 20.3 Å². The van der Waals surface area contributed by atoms with Gasteiger partial charge in [-0.3, -0.25) is 4.79 Å². The van der Waals surface area contributed by atoms with E-state index in [2.05, 4.69) is 15.4 Å². The Morgan fingerprint density at radius 2 is 2.29 bits per heavy atom. The molecule has 1 amide bonds. The first kappa shape index (κ1) is 15.5. The van der Waals surface area contributed by atoms with Crippen molar-refractivity contribution in [2.75, 3.05) is 5.32 Å². The highest BCUT2D eigenvalue weighted by molar-refractivity contribution is 6.33. The highest BCUT2D eigenvalue weighted by atomic mass is 35.5. The number of aromatic nitrogens is 3. The third kappa shape index (κ3) is 3.40. The second-order valence-corrected chi connectivity index (χ2v) is 5.28. The summed E-state index contributed by atoms with van der Waals surface area (Å²) in [5.74, 6) is -0.146. The van der Waals surface area contributed by atoms with Crippen molar-refractivity contribution < 1.29 is 4.79 Å². The third-order valence-corrected chi connectivity index (χ3v) is 3.76. The predicted octanol–water partition coefficient (Wildman–Crippen LogP) is 2.23. The number of para-hydroxylation sites is 1. The van der Waals surface area contributed by atoms with E-state index in [1.54, 1.807) is 18.2 Å². The molecule has 0 radical (unpaired) electrons. The molecule has 7 heteroatoms. The van der Waals surface area contributed by atoms with E-state index in [4.69, 9.17) is 17.3 Å². The van der Waals surface area contributed by atoms with Gasteiger partial charge in [0.15, 0.2) is 0 Å². The third-order valence-electron chi connectivity index (χ3n) is 3.45. The molecular weight excluding hydrogens is 290 g/mol. The summed E-state index contributed by atoms with van der Waals surface area (Å²) in [6, 6.07) is 4.66. The first-order valence-electron chi connectivity index (χ1n) is 6.74.